The number of hydrogen-bond acceptors (Lipinski definition) is 8. The van der Waals surface area contributed by atoms with Crippen LogP contribution in [0.2, 0.25) is 5.02 Å². The van der Waals surface area contributed by atoms with E-state index < -0.39 is 0 Å². The summed E-state index contributed by atoms with van der Waals surface area (Å²) in [5, 5.41) is 0.642. The third kappa shape index (κ3) is 4.22. The normalized spacial score (nSPS) is 18.6. The first-order chi connectivity index (χ1) is 16.7. The molecule has 3 aromatic rings. The van der Waals surface area contributed by atoms with Crippen LogP contribution in [0.1, 0.15) is 47.3 Å². The number of carbonyl (C=O) groups is 1. The summed E-state index contributed by atoms with van der Waals surface area (Å²) in [6.45, 7) is 3.18. The highest BCUT2D eigenvalue weighted by Crippen LogP contribution is 2.51. The van der Waals surface area contributed by atoms with Crippen LogP contribution in [0.4, 0.5) is 11.6 Å². The van der Waals surface area contributed by atoms with Crippen molar-refractivity contribution in [2.45, 2.75) is 42.1 Å². The molecule has 1 atom stereocenters. The van der Waals surface area contributed by atoms with Crippen molar-refractivity contribution in [3.05, 3.63) is 68.7 Å². The average Bonchev–Trinajstić information content (AvgIpc) is 3.11. The minimum absolute atomic E-state index is 0.0146. The molecule has 35 heavy (non-hydrogen) atoms. The van der Waals surface area contributed by atoms with E-state index in [9.17, 15) is 9.59 Å². The summed E-state index contributed by atoms with van der Waals surface area (Å²) in [7, 11) is 1.65. The molecule has 182 valence electrons. The van der Waals surface area contributed by atoms with E-state index in [-0.39, 0.29) is 27.8 Å². The number of halogens is 1. The van der Waals surface area contributed by atoms with Gasteiger partial charge in [-0.15, -0.1) is 0 Å². The number of rotatable bonds is 4. The number of piperidine rings is 1. The lowest BCUT2D eigenvalue weighted by atomic mass is 9.73. The van der Waals surface area contributed by atoms with Crippen molar-refractivity contribution >= 4 is 40.8 Å². The van der Waals surface area contributed by atoms with Gasteiger partial charge in [0.05, 0.1) is 6.20 Å². The van der Waals surface area contributed by atoms with Gasteiger partial charge in [0.2, 0.25) is 0 Å². The van der Waals surface area contributed by atoms with Gasteiger partial charge in [-0.2, -0.15) is 0 Å². The first-order valence-electron chi connectivity index (χ1n) is 11.5. The lowest BCUT2D eigenvalue weighted by Crippen LogP contribution is -2.44. The molecule has 8 nitrogen and oxygen atoms in total. The molecule has 5 rings (SSSR count). The number of aryl methyl sites for hydroxylation is 1. The molecule has 2 aliphatic rings. The Hall–Kier alpha value is -2.88. The number of anilines is 2. The van der Waals surface area contributed by atoms with Crippen molar-refractivity contribution in [3.63, 3.8) is 0 Å². The summed E-state index contributed by atoms with van der Waals surface area (Å²) in [5.74, 6) is 1.10. The number of Topliss-reactive ketones (excluding diaryl/α,β-unsaturated/α-hetero) is 1. The molecule has 1 aromatic carbocycles. The summed E-state index contributed by atoms with van der Waals surface area (Å²) in [5.41, 5.74) is 15.8. The first kappa shape index (κ1) is 23.8. The fourth-order valence-corrected chi connectivity index (χ4v) is 6.23. The van der Waals surface area contributed by atoms with Crippen LogP contribution in [-0.2, 0) is 13.5 Å². The number of carbonyl (C=O) groups excluding carboxylic acids is 1. The molecular formula is C25H27ClN6O2S. The summed E-state index contributed by atoms with van der Waals surface area (Å²) in [6.07, 6.45) is 6.09. The van der Waals surface area contributed by atoms with Crippen LogP contribution in [0.5, 0.6) is 0 Å². The van der Waals surface area contributed by atoms with Gasteiger partial charge in [-0.25, -0.2) is 9.97 Å². The standard InChI is InChI=1S/C25H27ClN6O2S/c1-14(33)15-3-4-17-16(11-15)12-25(21(17)27)6-9-32(10-7-25)19-13-29-23(22(28)30-19)35-18-5-8-31(2)24(34)20(18)26/h3-5,8,11,13,21H,6-7,9-10,12,27H2,1-2H3,(H2,28,30)/t21-/m1/s1. The zero-order chi connectivity index (χ0) is 24.9. The van der Waals surface area contributed by atoms with E-state index in [1.54, 1.807) is 32.4 Å². The maximum absolute atomic E-state index is 12.1. The minimum atomic E-state index is -0.271. The van der Waals surface area contributed by atoms with Gasteiger partial charge in [-0.3, -0.25) is 9.59 Å². The van der Waals surface area contributed by atoms with E-state index in [4.69, 9.17) is 23.1 Å². The molecule has 3 heterocycles. The fourth-order valence-electron chi connectivity index (χ4n) is 5.15. The Morgan fingerprint density at radius 2 is 2.00 bits per heavy atom. The van der Waals surface area contributed by atoms with Crippen molar-refractivity contribution in [3.8, 4) is 0 Å². The second kappa shape index (κ2) is 8.96. The van der Waals surface area contributed by atoms with Crippen LogP contribution in [0.3, 0.4) is 0 Å². The van der Waals surface area contributed by atoms with Gasteiger partial charge in [0.25, 0.3) is 5.56 Å². The molecule has 1 saturated heterocycles. The average molecular weight is 511 g/mol. The maximum atomic E-state index is 12.1. The minimum Gasteiger partial charge on any atom is -0.381 e. The second-order valence-corrected chi connectivity index (χ2v) is 10.8. The highest BCUT2D eigenvalue weighted by molar-refractivity contribution is 7.99. The zero-order valence-electron chi connectivity index (χ0n) is 19.6. The van der Waals surface area contributed by atoms with Crippen molar-refractivity contribution in [1.29, 1.82) is 0 Å². The Morgan fingerprint density at radius 1 is 1.26 bits per heavy atom. The van der Waals surface area contributed by atoms with Gasteiger partial charge < -0.3 is 20.9 Å². The molecular weight excluding hydrogens is 484 g/mol. The number of fused-ring (bicyclic) bond motifs is 1. The van der Waals surface area contributed by atoms with Crippen LogP contribution >= 0.6 is 23.4 Å². The summed E-state index contributed by atoms with van der Waals surface area (Å²) >= 11 is 7.43. The zero-order valence-corrected chi connectivity index (χ0v) is 21.2. The topological polar surface area (TPSA) is 120 Å². The van der Waals surface area contributed by atoms with E-state index >= 15 is 0 Å². The van der Waals surface area contributed by atoms with E-state index in [2.05, 4.69) is 14.9 Å². The predicted octanol–water partition coefficient (Wildman–Crippen LogP) is 3.61. The van der Waals surface area contributed by atoms with Crippen molar-refractivity contribution in [2.75, 3.05) is 23.7 Å². The highest BCUT2D eigenvalue weighted by atomic mass is 35.5. The molecule has 1 aliphatic heterocycles. The Bertz CT molecular complexity index is 1380. The van der Waals surface area contributed by atoms with Crippen LogP contribution in [0, 0.1) is 5.41 Å². The van der Waals surface area contributed by atoms with Gasteiger partial charge in [-0.1, -0.05) is 35.5 Å². The SMILES string of the molecule is CC(=O)c1ccc2c(c1)CC1(CCN(c3cnc(Sc4ccn(C)c(=O)c4Cl)c(N)n3)CC1)[C@@H]2N. The molecule has 0 amide bonds. The molecule has 0 radical (unpaired) electrons. The Kier molecular flexibility index (Phi) is 6.11. The van der Waals surface area contributed by atoms with Crippen molar-refractivity contribution < 1.29 is 4.79 Å². The van der Waals surface area contributed by atoms with Gasteiger partial charge in [0.1, 0.15) is 15.9 Å². The maximum Gasteiger partial charge on any atom is 0.270 e. The Morgan fingerprint density at radius 3 is 2.69 bits per heavy atom. The molecule has 0 saturated carbocycles. The van der Waals surface area contributed by atoms with Crippen molar-refractivity contribution in [2.24, 2.45) is 18.2 Å². The monoisotopic (exact) mass is 510 g/mol. The third-order valence-electron chi connectivity index (χ3n) is 7.30. The quantitative estimate of drug-likeness (QED) is 0.511. The molecule has 1 spiro atoms. The van der Waals surface area contributed by atoms with E-state index in [1.165, 1.54) is 21.9 Å². The number of benzene rings is 1. The Balaban J connectivity index is 1.29. The number of nitrogens with two attached hydrogens (primary N) is 2. The van der Waals surface area contributed by atoms with Crippen LogP contribution in [0.15, 0.2) is 51.4 Å². The lowest BCUT2D eigenvalue weighted by molar-refractivity contribution is 0.101. The van der Waals surface area contributed by atoms with Gasteiger partial charge in [0.15, 0.2) is 11.6 Å². The summed E-state index contributed by atoms with van der Waals surface area (Å²) < 4.78 is 1.42. The molecule has 1 aliphatic carbocycles. The van der Waals surface area contributed by atoms with Crippen LogP contribution in [-0.4, -0.2) is 33.4 Å². The number of aromatic nitrogens is 3. The van der Waals surface area contributed by atoms with Crippen molar-refractivity contribution in [1.82, 2.24) is 14.5 Å². The largest absolute Gasteiger partial charge is 0.381 e. The molecule has 0 unspecified atom stereocenters. The fraction of sp³-hybridized carbons (Fsp3) is 0.360. The number of nitrogen functional groups attached to an aromatic ring is 1. The lowest BCUT2D eigenvalue weighted by Gasteiger charge is -2.42. The van der Waals surface area contributed by atoms with Gasteiger partial charge >= 0.3 is 0 Å². The number of pyridine rings is 1. The second-order valence-electron chi connectivity index (χ2n) is 9.40. The predicted molar refractivity (Wildman–Crippen MR) is 138 cm³/mol. The molecule has 1 fully saturated rings. The number of nitrogens with zero attached hydrogens (tertiary/aromatic N) is 4. The molecule has 4 N–H and O–H groups in total. The van der Waals surface area contributed by atoms with Crippen LogP contribution in [0.25, 0.3) is 0 Å². The number of hydrogen-bond donors (Lipinski definition) is 2. The third-order valence-corrected chi connectivity index (χ3v) is 8.85. The smallest absolute Gasteiger partial charge is 0.270 e. The molecule has 10 heteroatoms. The van der Waals surface area contributed by atoms with E-state index in [0.717, 1.165) is 49.3 Å². The summed E-state index contributed by atoms with van der Waals surface area (Å²) in [6, 6.07) is 7.63. The first-order valence-corrected chi connectivity index (χ1v) is 12.7. The number of ketones is 1. The van der Waals surface area contributed by atoms with Gasteiger partial charge in [-0.05, 0) is 54.9 Å². The highest BCUT2D eigenvalue weighted by Gasteiger charge is 2.46. The molecule has 0 bridgehead atoms. The van der Waals surface area contributed by atoms with Gasteiger partial charge in [0, 0.05) is 42.8 Å². The van der Waals surface area contributed by atoms with E-state index in [0.29, 0.717) is 15.7 Å². The Labute approximate surface area is 212 Å². The molecule has 2 aromatic heterocycles. The van der Waals surface area contributed by atoms with Crippen LogP contribution < -0.4 is 21.9 Å². The van der Waals surface area contributed by atoms with E-state index in [1.807, 2.05) is 18.2 Å². The summed E-state index contributed by atoms with van der Waals surface area (Å²) in [4.78, 5) is 35.8.